The lowest BCUT2D eigenvalue weighted by atomic mass is 10.0. The van der Waals surface area contributed by atoms with E-state index in [0.29, 0.717) is 39.4 Å². The van der Waals surface area contributed by atoms with Gasteiger partial charge in [-0.05, 0) is 61.7 Å². The molecule has 2 heterocycles. The molecule has 39 heavy (non-hydrogen) atoms. The molecule has 0 aliphatic carbocycles. The van der Waals surface area contributed by atoms with Gasteiger partial charge in [0.25, 0.3) is 0 Å². The Morgan fingerprint density at radius 1 is 1.03 bits per heavy atom. The summed E-state index contributed by atoms with van der Waals surface area (Å²) in [4.78, 5) is 25.5. The van der Waals surface area contributed by atoms with Crippen LogP contribution in [0.15, 0.2) is 53.0 Å². The third kappa shape index (κ3) is 6.79. The van der Waals surface area contributed by atoms with Gasteiger partial charge in [-0.15, -0.1) is 21.5 Å². The van der Waals surface area contributed by atoms with Crippen molar-refractivity contribution in [2.24, 2.45) is 0 Å². The number of anilines is 1. The number of carbonyl (C=O) groups excluding carboxylic acids is 2. The van der Waals surface area contributed by atoms with Gasteiger partial charge in [-0.25, -0.2) is 4.79 Å². The summed E-state index contributed by atoms with van der Waals surface area (Å²) in [5.74, 6) is 1.45. The Kier molecular flexibility index (Phi) is 9.26. The molecule has 0 saturated carbocycles. The summed E-state index contributed by atoms with van der Waals surface area (Å²) < 4.78 is 18.1. The van der Waals surface area contributed by atoms with E-state index in [2.05, 4.69) is 21.6 Å². The van der Waals surface area contributed by atoms with Crippen LogP contribution in [0.1, 0.15) is 34.2 Å². The number of esters is 1. The highest BCUT2D eigenvalue weighted by molar-refractivity contribution is 7.99. The zero-order chi connectivity index (χ0) is 27.9. The second kappa shape index (κ2) is 12.8. The predicted octanol–water partition coefficient (Wildman–Crippen LogP) is 5.75. The van der Waals surface area contributed by atoms with Crippen LogP contribution in [0, 0.1) is 13.8 Å². The molecule has 0 radical (unpaired) electrons. The molecule has 1 amide bonds. The number of hydrogen-bond acceptors (Lipinski definition) is 9. The maximum Gasteiger partial charge on any atom is 0.341 e. The molecule has 4 aromatic rings. The Labute approximate surface area is 235 Å². The fourth-order valence-corrected chi connectivity index (χ4v) is 5.84. The fourth-order valence-electron chi connectivity index (χ4n) is 4.04. The normalized spacial score (nSPS) is 10.8. The van der Waals surface area contributed by atoms with Gasteiger partial charge in [-0.1, -0.05) is 30.0 Å². The van der Waals surface area contributed by atoms with Crippen LogP contribution in [-0.2, 0) is 22.7 Å². The number of benzene rings is 2. The monoisotopic (exact) mass is 566 g/mol. The molecule has 1 N–H and O–H groups in total. The van der Waals surface area contributed by atoms with E-state index in [9.17, 15) is 9.59 Å². The van der Waals surface area contributed by atoms with E-state index in [-0.39, 0.29) is 18.3 Å². The zero-order valence-corrected chi connectivity index (χ0v) is 24.1. The van der Waals surface area contributed by atoms with Crippen LogP contribution in [0.3, 0.4) is 0 Å². The summed E-state index contributed by atoms with van der Waals surface area (Å²) in [5, 5.41) is 14.3. The SMILES string of the molecule is CCn1c(COc2cc(C)cc(C)c2)nnc1SCC(=O)Nc1scc(-c2ccc(OC)cc2)c1C(=O)OC. The van der Waals surface area contributed by atoms with E-state index in [0.717, 1.165) is 22.4 Å². The first kappa shape index (κ1) is 28.2. The molecule has 0 spiro atoms. The average molecular weight is 567 g/mol. The van der Waals surface area contributed by atoms with Gasteiger partial charge >= 0.3 is 5.97 Å². The van der Waals surface area contributed by atoms with Gasteiger partial charge in [-0.2, -0.15) is 0 Å². The molecule has 9 nitrogen and oxygen atoms in total. The zero-order valence-electron chi connectivity index (χ0n) is 22.4. The molecule has 0 aliphatic rings. The number of methoxy groups -OCH3 is 2. The molecule has 0 fully saturated rings. The topological polar surface area (TPSA) is 105 Å². The smallest absolute Gasteiger partial charge is 0.341 e. The summed E-state index contributed by atoms with van der Waals surface area (Å²) in [6.07, 6.45) is 0. The molecule has 11 heteroatoms. The molecule has 2 aromatic heterocycles. The molecule has 2 aromatic carbocycles. The van der Waals surface area contributed by atoms with Crippen molar-refractivity contribution in [1.82, 2.24) is 14.8 Å². The van der Waals surface area contributed by atoms with E-state index in [1.807, 2.05) is 67.1 Å². The lowest BCUT2D eigenvalue weighted by molar-refractivity contribution is -0.113. The largest absolute Gasteiger partial charge is 0.497 e. The Morgan fingerprint density at radius 2 is 1.74 bits per heavy atom. The minimum absolute atomic E-state index is 0.0897. The molecule has 0 aliphatic heterocycles. The molecule has 0 atom stereocenters. The maximum absolute atomic E-state index is 12.9. The highest BCUT2D eigenvalue weighted by Crippen LogP contribution is 2.37. The Bertz CT molecular complexity index is 1440. The number of ether oxygens (including phenoxy) is 3. The lowest BCUT2D eigenvalue weighted by Crippen LogP contribution is -2.16. The van der Waals surface area contributed by atoms with Crippen LogP contribution in [-0.4, -0.2) is 46.6 Å². The van der Waals surface area contributed by atoms with E-state index in [4.69, 9.17) is 14.2 Å². The number of aromatic nitrogens is 3. The maximum atomic E-state index is 12.9. The van der Waals surface area contributed by atoms with Gasteiger partial charge in [0.1, 0.15) is 28.7 Å². The van der Waals surface area contributed by atoms with Crippen LogP contribution >= 0.6 is 23.1 Å². The minimum Gasteiger partial charge on any atom is -0.497 e. The molecular weight excluding hydrogens is 536 g/mol. The number of thiophene rings is 1. The summed E-state index contributed by atoms with van der Waals surface area (Å²) in [6, 6.07) is 13.4. The quantitative estimate of drug-likeness (QED) is 0.181. The van der Waals surface area contributed by atoms with Crippen molar-refractivity contribution in [3.8, 4) is 22.6 Å². The van der Waals surface area contributed by atoms with Crippen molar-refractivity contribution < 1.29 is 23.8 Å². The van der Waals surface area contributed by atoms with Gasteiger partial charge in [0.15, 0.2) is 11.0 Å². The number of aryl methyl sites for hydroxylation is 2. The highest BCUT2D eigenvalue weighted by Gasteiger charge is 2.23. The standard InChI is InChI=1S/C28H30N4O5S2/c1-6-32-23(14-37-21-12-17(2)11-18(3)13-21)30-31-28(32)39-16-24(33)29-26-25(27(34)36-5)22(15-38-26)19-7-9-20(35-4)10-8-19/h7-13,15H,6,14,16H2,1-5H3,(H,29,33). The second-order valence-electron chi connectivity index (χ2n) is 8.67. The van der Waals surface area contributed by atoms with Gasteiger partial charge in [0, 0.05) is 17.5 Å². The molecular formula is C28H30N4O5S2. The van der Waals surface area contributed by atoms with Crippen LogP contribution < -0.4 is 14.8 Å². The molecule has 0 unspecified atom stereocenters. The van der Waals surface area contributed by atoms with Gasteiger partial charge in [0.05, 0.1) is 20.0 Å². The Morgan fingerprint density at radius 3 is 2.38 bits per heavy atom. The highest BCUT2D eigenvalue weighted by atomic mass is 32.2. The van der Waals surface area contributed by atoms with Gasteiger partial charge in [0.2, 0.25) is 5.91 Å². The van der Waals surface area contributed by atoms with Crippen molar-refractivity contribution in [2.45, 2.75) is 39.1 Å². The van der Waals surface area contributed by atoms with Crippen LogP contribution in [0.5, 0.6) is 11.5 Å². The number of rotatable bonds is 11. The molecule has 0 bridgehead atoms. The fraction of sp³-hybridized carbons (Fsp3) is 0.286. The Balaban J connectivity index is 1.43. The summed E-state index contributed by atoms with van der Waals surface area (Å²) in [5.41, 5.74) is 4.06. The molecule has 204 valence electrons. The van der Waals surface area contributed by atoms with Crippen molar-refractivity contribution in [1.29, 1.82) is 0 Å². The van der Waals surface area contributed by atoms with Crippen molar-refractivity contribution in [3.05, 3.63) is 70.4 Å². The summed E-state index contributed by atoms with van der Waals surface area (Å²) in [7, 11) is 2.91. The third-order valence-corrected chi connectivity index (χ3v) is 7.70. The van der Waals surface area contributed by atoms with Crippen molar-refractivity contribution in [2.75, 3.05) is 25.3 Å². The number of thioether (sulfide) groups is 1. The Hall–Kier alpha value is -3.83. The molecule has 4 rings (SSSR count). The van der Waals surface area contributed by atoms with Crippen LogP contribution in [0.4, 0.5) is 5.00 Å². The summed E-state index contributed by atoms with van der Waals surface area (Å²) in [6.45, 7) is 6.94. The van der Waals surface area contributed by atoms with Gasteiger partial charge in [-0.3, -0.25) is 4.79 Å². The predicted molar refractivity (Wildman–Crippen MR) is 153 cm³/mol. The number of amides is 1. The number of hydrogen-bond donors (Lipinski definition) is 1. The average Bonchev–Trinajstić information content (AvgIpc) is 3.53. The van der Waals surface area contributed by atoms with E-state index < -0.39 is 5.97 Å². The van der Waals surface area contributed by atoms with Crippen LogP contribution in [0.2, 0.25) is 0 Å². The van der Waals surface area contributed by atoms with E-state index >= 15 is 0 Å². The first-order valence-electron chi connectivity index (χ1n) is 12.2. The third-order valence-electron chi connectivity index (χ3n) is 5.84. The number of nitrogens with zero attached hydrogens (tertiary/aromatic N) is 3. The van der Waals surface area contributed by atoms with Crippen molar-refractivity contribution >= 4 is 40.0 Å². The second-order valence-corrected chi connectivity index (χ2v) is 10.5. The lowest BCUT2D eigenvalue weighted by Gasteiger charge is -2.10. The number of carbonyl (C=O) groups is 2. The van der Waals surface area contributed by atoms with Gasteiger partial charge < -0.3 is 24.1 Å². The van der Waals surface area contributed by atoms with E-state index in [1.54, 1.807) is 7.11 Å². The van der Waals surface area contributed by atoms with Crippen molar-refractivity contribution in [3.63, 3.8) is 0 Å². The van der Waals surface area contributed by atoms with E-state index in [1.165, 1.54) is 30.2 Å². The first-order valence-corrected chi connectivity index (χ1v) is 14.1. The van der Waals surface area contributed by atoms with Crippen LogP contribution in [0.25, 0.3) is 11.1 Å². The number of nitrogens with one attached hydrogen (secondary N) is 1. The minimum atomic E-state index is -0.524. The molecule has 0 saturated heterocycles. The first-order chi connectivity index (χ1) is 18.8. The summed E-state index contributed by atoms with van der Waals surface area (Å²) >= 11 is 2.54.